The fourth-order valence-corrected chi connectivity index (χ4v) is 1.12. The van der Waals surface area contributed by atoms with Crippen LogP contribution in [0.25, 0.3) is 0 Å². The molecular formula is C10H21NO3. The maximum Gasteiger partial charge on any atom is 0.305 e. The lowest BCUT2D eigenvalue weighted by Gasteiger charge is -2.03. The largest absolute Gasteiger partial charge is 0.469 e. The minimum absolute atomic E-state index is 0.146. The van der Waals surface area contributed by atoms with Crippen LogP contribution in [0, 0.1) is 0 Å². The second kappa shape index (κ2) is 10.5. The van der Waals surface area contributed by atoms with E-state index >= 15 is 0 Å². The molecule has 0 rings (SSSR count). The normalized spacial score (nSPS) is 10.1. The number of hydrogen-bond acceptors (Lipinski definition) is 4. The van der Waals surface area contributed by atoms with Gasteiger partial charge in [-0.3, -0.25) is 4.79 Å². The summed E-state index contributed by atoms with van der Waals surface area (Å²) in [5.74, 6) is -0.146. The first-order valence-electron chi connectivity index (χ1n) is 5.19. The summed E-state index contributed by atoms with van der Waals surface area (Å²) in [5.41, 5.74) is 0. The predicted molar refractivity (Wildman–Crippen MR) is 55.1 cm³/mol. The van der Waals surface area contributed by atoms with Gasteiger partial charge in [-0.25, -0.2) is 0 Å². The van der Waals surface area contributed by atoms with E-state index in [1.165, 1.54) is 7.11 Å². The molecule has 0 aromatic rings. The van der Waals surface area contributed by atoms with Gasteiger partial charge in [0.25, 0.3) is 0 Å². The molecule has 0 aromatic carbocycles. The monoisotopic (exact) mass is 203 g/mol. The van der Waals surface area contributed by atoms with E-state index in [0.29, 0.717) is 6.42 Å². The van der Waals surface area contributed by atoms with Crippen molar-refractivity contribution in [2.75, 3.05) is 26.8 Å². The van der Waals surface area contributed by atoms with Gasteiger partial charge in [0.1, 0.15) is 0 Å². The average Bonchev–Trinajstić information content (AvgIpc) is 2.21. The van der Waals surface area contributed by atoms with E-state index in [2.05, 4.69) is 10.1 Å². The van der Waals surface area contributed by atoms with E-state index in [-0.39, 0.29) is 12.6 Å². The highest BCUT2D eigenvalue weighted by atomic mass is 16.5. The van der Waals surface area contributed by atoms with Crippen molar-refractivity contribution >= 4 is 5.97 Å². The molecule has 0 bridgehead atoms. The van der Waals surface area contributed by atoms with E-state index in [1.54, 1.807) is 0 Å². The Morgan fingerprint density at radius 3 is 2.57 bits per heavy atom. The van der Waals surface area contributed by atoms with Crippen LogP contribution in [0.1, 0.15) is 32.1 Å². The number of aliphatic hydroxyl groups is 1. The first-order valence-corrected chi connectivity index (χ1v) is 5.19. The first-order chi connectivity index (χ1) is 6.81. The van der Waals surface area contributed by atoms with Crippen LogP contribution in [0.3, 0.4) is 0 Å². The molecule has 0 saturated heterocycles. The minimum Gasteiger partial charge on any atom is -0.469 e. The van der Waals surface area contributed by atoms with E-state index in [9.17, 15) is 4.79 Å². The van der Waals surface area contributed by atoms with Crippen molar-refractivity contribution in [1.29, 1.82) is 0 Å². The summed E-state index contributed by atoms with van der Waals surface area (Å²) in [6, 6.07) is 0. The number of carbonyl (C=O) groups excluding carboxylic acids is 1. The molecule has 0 aliphatic rings. The van der Waals surface area contributed by atoms with Gasteiger partial charge in [0.15, 0.2) is 0 Å². The van der Waals surface area contributed by atoms with Crippen LogP contribution in [0.4, 0.5) is 0 Å². The number of carbonyl (C=O) groups is 1. The molecule has 0 saturated carbocycles. The molecule has 84 valence electrons. The van der Waals surface area contributed by atoms with Crippen LogP contribution >= 0.6 is 0 Å². The maximum absolute atomic E-state index is 10.7. The number of unbranched alkanes of at least 4 members (excludes halogenated alkanes) is 2. The van der Waals surface area contributed by atoms with E-state index in [1.807, 2.05) is 0 Å². The fraction of sp³-hybridized carbons (Fsp3) is 0.900. The molecule has 0 atom stereocenters. The molecule has 0 aromatic heterocycles. The molecule has 0 aliphatic heterocycles. The van der Waals surface area contributed by atoms with Crippen molar-refractivity contribution in [3.63, 3.8) is 0 Å². The van der Waals surface area contributed by atoms with Crippen LogP contribution < -0.4 is 5.32 Å². The van der Waals surface area contributed by atoms with E-state index in [0.717, 1.165) is 38.8 Å². The van der Waals surface area contributed by atoms with Crippen molar-refractivity contribution in [2.45, 2.75) is 32.1 Å². The average molecular weight is 203 g/mol. The lowest BCUT2D eigenvalue weighted by atomic mass is 10.2. The minimum atomic E-state index is -0.146. The Hall–Kier alpha value is -0.610. The highest BCUT2D eigenvalue weighted by Crippen LogP contribution is 1.93. The predicted octanol–water partition coefficient (Wildman–Crippen LogP) is 0.692. The highest BCUT2D eigenvalue weighted by molar-refractivity contribution is 5.68. The Morgan fingerprint density at radius 1 is 1.21 bits per heavy atom. The number of esters is 1. The van der Waals surface area contributed by atoms with Gasteiger partial charge in [-0.2, -0.15) is 0 Å². The number of hydrogen-bond donors (Lipinski definition) is 2. The van der Waals surface area contributed by atoms with Crippen molar-refractivity contribution in [3.8, 4) is 0 Å². The summed E-state index contributed by atoms with van der Waals surface area (Å²) in [4.78, 5) is 10.7. The van der Waals surface area contributed by atoms with Crippen molar-refractivity contribution in [1.82, 2.24) is 5.32 Å². The highest BCUT2D eigenvalue weighted by Gasteiger charge is 1.98. The van der Waals surface area contributed by atoms with Gasteiger partial charge in [0, 0.05) is 13.0 Å². The number of methoxy groups -OCH3 is 1. The smallest absolute Gasteiger partial charge is 0.305 e. The van der Waals surface area contributed by atoms with Gasteiger partial charge < -0.3 is 15.2 Å². The topological polar surface area (TPSA) is 58.6 Å². The second-order valence-corrected chi connectivity index (χ2v) is 3.21. The number of rotatable bonds is 9. The first kappa shape index (κ1) is 13.4. The summed E-state index contributed by atoms with van der Waals surface area (Å²) in [7, 11) is 1.41. The molecular weight excluding hydrogens is 182 g/mol. The van der Waals surface area contributed by atoms with Gasteiger partial charge in [-0.1, -0.05) is 0 Å². The molecule has 0 aliphatic carbocycles. The Morgan fingerprint density at radius 2 is 1.93 bits per heavy atom. The third-order valence-electron chi connectivity index (χ3n) is 1.97. The van der Waals surface area contributed by atoms with Gasteiger partial charge in [0.2, 0.25) is 0 Å². The van der Waals surface area contributed by atoms with Crippen LogP contribution in [0.5, 0.6) is 0 Å². The Labute approximate surface area is 85.6 Å². The number of ether oxygens (including phenoxy) is 1. The summed E-state index contributed by atoms with van der Waals surface area (Å²) in [5, 5.41) is 11.8. The SMILES string of the molecule is COC(=O)CCCNCCCCCO. The third-order valence-corrected chi connectivity index (χ3v) is 1.97. The van der Waals surface area contributed by atoms with Crippen molar-refractivity contribution < 1.29 is 14.6 Å². The Balaban J connectivity index is 2.95. The zero-order valence-corrected chi connectivity index (χ0v) is 8.92. The lowest BCUT2D eigenvalue weighted by molar-refractivity contribution is -0.140. The number of nitrogens with one attached hydrogen (secondary N) is 1. The molecule has 0 heterocycles. The quantitative estimate of drug-likeness (QED) is 0.427. The zero-order chi connectivity index (χ0) is 10.6. The molecule has 2 N–H and O–H groups in total. The fourth-order valence-electron chi connectivity index (χ4n) is 1.12. The zero-order valence-electron chi connectivity index (χ0n) is 8.92. The van der Waals surface area contributed by atoms with E-state index < -0.39 is 0 Å². The summed E-state index contributed by atoms with van der Waals surface area (Å²) in [6.07, 6.45) is 4.33. The Bertz CT molecular complexity index is 139. The number of aliphatic hydroxyl groups excluding tert-OH is 1. The third kappa shape index (κ3) is 9.48. The van der Waals surface area contributed by atoms with Crippen LogP contribution in [-0.2, 0) is 9.53 Å². The van der Waals surface area contributed by atoms with Gasteiger partial charge in [-0.15, -0.1) is 0 Å². The van der Waals surface area contributed by atoms with Crippen molar-refractivity contribution in [2.24, 2.45) is 0 Å². The molecule has 0 spiro atoms. The van der Waals surface area contributed by atoms with E-state index in [4.69, 9.17) is 5.11 Å². The summed E-state index contributed by atoms with van der Waals surface area (Å²) < 4.78 is 4.52. The summed E-state index contributed by atoms with van der Waals surface area (Å²) in [6.45, 7) is 2.09. The standard InChI is InChI=1S/C10H21NO3/c1-14-10(13)6-5-8-11-7-3-2-4-9-12/h11-12H,2-9H2,1H3. The van der Waals surface area contributed by atoms with Gasteiger partial charge in [0.05, 0.1) is 7.11 Å². The molecule has 0 fully saturated rings. The van der Waals surface area contributed by atoms with Crippen LogP contribution in [0.15, 0.2) is 0 Å². The second-order valence-electron chi connectivity index (χ2n) is 3.21. The molecule has 0 radical (unpaired) electrons. The lowest BCUT2D eigenvalue weighted by Crippen LogP contribution is -2.17. The molecule has 0 unspecified atom stereocenters. The maximum atomic E-state index is 10.7. The van der Waals surface area contributed by atoms with Crippen molar-refractivity contribution in [3.05, 3.63) is 0 Å². The van der Waals surface area contributed by atoms with Crippen LogP contribution in [-0.4, -0.2) is 37.9 Å². The van der Waals surface area contributed by atoms with Gasteiger partial charge in [-0.05, 0) is 38.8 Å². The Kier molecular flexibility index (Phi) is 10.0. The summed E-state index contributed by atoms with van der Waals surface area (Å²) >= 11 is 0. The molecule has 4 nitrogen and oxygen atoms in total. The van der Waals surface area contributed by atoms with Gasteiger partial charge >= 0.3 is 5.97 Å². The molecule has 4 heteroatoms. The molecule has 14 heavy (non-hydrogen) atoms. The molecule has 0 amide bonds. The van der Waals surface area contributed by atoms with Crippen LogP contribution in [0.2, 0.25) is 0 Å².